The van der Waals surface area contributed by atoms with E-state index in [1.54, 1.807) is 16.4 Å². The van der Waals surface area contributed by atoms with Crippen LogP contribution in [-0.2, 0) is 12.8 Å². The molecule has 2 aromatic rings. The molecule has 6 nitrogen and oxygen atoms in total. The molecule has 0 radical (unpaired) electrons. The standard InChI is InChI=1S/C12H15N5OS/c1-8-5-9(11(13)16-18)3-4-10(8)6-19-12-14-7-15-17(12)2/h3-5,7,18H,6H2,1-2H3,(H2,13,16). The Morgan fingerprint density at radius 2 is 2.32 bits per heavy atom. The van der Waals surface area contributed by atoms with Gasteiger partial charge in [0, 0.05) is 18.4 Å². The minimum atomic E-state index is 0.121. The van der Waals surface area contributed by atoms with Gasteiger partial charge in [0.1, 0.15) is 6.33 Å². The van der Waals surface area contributed by atoms with E-state index < -0.39 is 0 Å². The summed E-state index contributed by atoms with van der Waals surface area (Å²) in [5.74, 6) is 0.921. The lowest BCUT2D eigenvalue weighted by atomic mass is 10.1. The third-order valence-corrected chi connectivity index (χ3v) is 3.86. The monoisotopic (exact) mass is 277 g/mol. The quantitative estimate of drug-likeness (QED) is 0.291. The summed E-state index contributed by atoms with van der Waals surface area (Å²) in [6.07, 6.45) is 1.54. The molecule has 19 heavy (non-hydrogen) atoms. The Morgan fingerprint density at radius 3 is 2.89 bits per heavy atom. The first-order chi connectivity index (χ1) is 9.11. The van der Waals surface area contributed by atoms with Crippen molar-refractivity contribution >= 4 is 17.6 Å². The Kier molecular flexibility index (Phi) is 4.06. The number of aromatic nitrogens is 3. The molecule has 1 heterocycles. The SMILES string of the molecule is Cc1cc(/C(N)=N/O)ccc1CSc1ncnn1C. The molecule has 0 aliphatic carbocycles. The molecule has 3 N–H and O–H groups in total. The van der Waals surface area contributed by atoms with Crippen LogP contribution in [0.15, 0.2) is 34.8 Å². The van der Waals surface area contributed by atoms with E-state index in [0.717, 1.165) is 16.5 Å². The van der Waals surface area contributed by atoms with Crippen LogP contribution < -0.4 is 5.73 Å². The van der Waals surface area contributed by atoms with Crippen molar-refractivity contribution in [3.05, 3.63) is 41.2 Å². The lowest BCUT2D eigenvalue weighted by Gasteiger charge is -2.07. The number of hydrogen-bond acceptors (Lipinski definition) is 5. The normalized spacial score (nSPS) is 11.8. The van der Waals surface area contributed by atoms with Gasteiger partial charge >= 0.3 is 0 Å². The number of nitrogens with two attached hydrogens (primary N) is 1. The van der Waals surface area contributed by atoms with E-state index in [1.165, 1.54) is 11.9 Å². The first-order valence-corrected chi connectivity index (χ1v) is 6.64. The fourth-order valence-corrected chi connectivity index (χ4v) is 2.60. The first-order valence-electron chi connectivity index (χ1n) is 5.66. The Bertz CT molecular complexity index is 608. The molecule has 100 valence electrons. The number of nitrogens with zero attached hydrogens (tertiary/aromatic N) is 4. The average molecular weight is 277 g/mol. The van der Waals surface area contributed by atoms with Gasteiger partial charge in [0.25, 0.3) is 0 Å². The van der Waals surface area contributed by atoms with Crippen molar-refractivity contribution in [3.8, 4) is 0 Å². The second-order valence-electron chi connectivity index (χ2n) is 4.08. The molecule has 0 aliphatic rings. The van der Waals surface area contributed by atoms with Crippen molar-refractivity contribution in [2.45, 2.75) is 17.8 Å². The highest BCUT2D eigenvalue weighted by molar-refractivity contribution is 7.98. The van der Waals surface area contributed by atoms with Crippen LogP contribution in [0, 0.1) is 6.92 Å². The minimum absolute atomic E-state index is 0.121. The van der Waals surface area contributed by atoms with Gasteiger partial charge in [-0.05, 0) is 24.1 Å². The molecule has 7 heteroatoms. The molecule has 0 saturated carbocycles. The molecule has 0 saturated heterocycles. The number of amidine groups is 1. The van der Waals surface area contributed by atoms with Gasteiger partial charge in [0.05, 0.1) is 0 Å². The Hall–Kier alpha value is -2.02. The second kappa shape index (κ2) is 5.75. The van der Waals surface area contributed by atoms with Gasteiger partial charge in [0.2, 0.25) is 0 Å². The highest BCUT2D eigenvalue weighted by Crippen LogP contribution is 2.22. The number of hydrogen-bond donors (Lipinski definition) is 2. The maximum absolute atomic E-state index is 8.65. The molecule has 1 aromatic carbocycles. The molecular weight excluding hydrogens is 262 g/mol. The summed E-state index contributed by atoms with van der Waals surface area (Å²) in [5, 5.41) is 16.5. The van der Waals surface area contributed by atoms with Crippen LogP contribution in [0.3, 0.4) is 0 Å². The third-order valence-electron chi connectivity index (χ3n) is 2.77. The number of benzene rings is 1. The maximum atomic E-state index is 8.65. The fourth-order valence-electron chi connectivity index (χ4n) is 1.63. The summed E-state index contributed by atoms with van der Waals surface area (Å²) in [6, 6.07) is 5.72. The minimum Gasteiger partial charge on any atom is -0.409 e. The molecule has 0 fully saturated rings. The van der Waals surface area contributed by atoms with Crippen LogP contribution in [0.1, 0.15) is 16.7 Å². The zero-order chi connectivity index (χ0) is 13.8. The Labute approximate surface area is 115 Å². The number of thioether (sulfide) groups is 1. The predicted octanol–water partition coefficient (Wildman–Crippen LogP) is 1.51. The zero-order valence-electron chi connectivity index (χ0n) is 10.7. The van der Waals surface area contributed by atoms with Gasteiger partial charge in [0.15, 0.2) is 11.0 Å². The topological polar surface area (TPSA) is 89.3 Å². The summed E-state index contributed by atoms with van der Waals surface area (Å²) >= 11 is 1.62. The smallest absolute Gasteiger partial charge is 0.186 e. The molecule has 0 bridgehead atoms. The van der Waals surface area contributed by atoms with Gasteiger partial charge in [-0.25, -0.2) is 9.67 Å². The first kappa shape index (κ1) is 13.4. The largest absolute Gasteiger partial charge is 0.409 e. The number of oxime groups is 1. The van der Waals surface area contributed by atoms with Crippen molar-refractivity contribution in [1.82, 2.24) is 14.8 Å². The van der Waals surface area contributed by atoms with Crippen molar-refractivity contribution in [2.24, 2.45) is 17.9 Å². The van der Waals surface area contributed by atoms with E-state index >= 15 is 0 Å². The van der Waals surface area contributed by atoms with Gasteiger partial charge in [-0.3, -0.25) is 0 Å². The highest BCUT2D eigenvalue weighted by atomic mass is 32.2. The average Bonchev–Trinajstić information content (AvgIpc) is 2.82. The molecule has 1 aromatic heterocycles. The summed E-state index contributed by atoms with van der Waals surface area (Å²) in [7, 11) is 1.86. The van der Waals surface area contributed by atoms with Crippen LogP contribution in [0.4, 0.5) is 0 Å². The Balaban J connectivity index is 2.12. The lowest BCUT2D eigenvalue weighted by Crippen LogP contribution is -2.13. The zero-order valence-corrected chi connectivity index (χ0v) is 11.6. The van der Waals surface area contributed by atoms with Crippen molar-refractivity contribution in [2.75, 3.05) is 0 Å². The van der Waals surface area contributed by atoms with Crippen LogP contribution >= 0.6 is 11.8 Å². The van der Waals surface area contributed by atoms with E-state index in [2.05, 4.69) is 15.2 Å². The maximum Gasteiger partial charge on any atom is 0.186 e. The fraction of sp³-hybridized carbons (Fsp3) is 0.250. The van der Waals surface area contributed by atoms with Gasteiger partial charge in [-0.1, -0.05) is 29.1 Å². The summed E-state index contributed by atoms with van der Waals surface area (Å²) in [5.41, 5.74) is 8.55. The molecule has 0 aliphatic heterocycles. The van der Waals surface area contributed by atoms with Gasteiger partial charge in [-0.15, -0.1) is 0 Å². The van der Waals surface area contributed by atoms with Crippen molar-refractivity contribution < 1.29 is 5.21 Å². The molecule has 0 unspecified atom stereocenters. The molecular formula is C12H15N5OS. The van der Waals surface area contributed by atoms with E-state index in [0.29, 0.717) is 5.56 Å². The Morgan fingerprint density at radius 1 is 1.53 bits per heavy atom. The second-order valence-corrected chi connectivity index (χ2v) is 5.02. The van der Waals surface area contributed by atoms with Crippen LogP contribution in [0.2, 0.25) is 0 Å². The summed E-state index contributed by atoms with van der Waals surface area (Å²) in [4.78, 5) is 4.16. The van der Waals surface area contributed by atoms with E-state index in [1.807, 2.05) is 32.2 Å². The highest BCUT2D eigenvalue weighted by Gasteiger charge is 2.06. The molecule has 2 rings (SSSR count). The summed E-state index contributed by atoms with van der Waals surface area (Å²) < 4.78 is 1.74. The van der Waals surface area contributed by atoms with Crippen molar-refractivity contribution in [3.63, 3.8) is 0 Å². The van der Waals surface area contributed by atoms with Gasteiger partial charge < -0.3 is 10.9 Å². The summed E-state index contributed by atoms with van der Waals surface area (Å²) in [6.45, 7) is 2.00. The molecule has 0 spiro atoms. The number of aryl methyl sites for hydroxylation is 2. The van der Waals surface area contributed by atoms with E-state index in [-0.39, 0.29) is 5.84 Å². The van der Waals surface area contributed by atoms with E-state index in [4.69, 9.17) is 10.9 Å². The van der Waals surface area contributed by atoms with Gasteiger partial charge in [-0.2, -0.15) is 5.10 Å². The number of rotatable bonds is 4. The third kappa shape index (κ3) is 3.05. The van der Waals surface area contributed by atoms with Crippen LogP contribution in [0.5, 0.6) is 0 Å². The predicted molar refractivity (Wildman–Crippen MR) is 74.3 cm³/mol. The van der Waals surface area contributed by atoms with E-state index in [9.17, 15) is 0 Å². The molecule has 0 amide bonds. The van der Waals surface area contributed by atoms with Crippen LogP contribution in [-0.4, -0.2) is 25.8 Å². The lowest BCUT2D eigenvalue weighted by molar-refractivity contribution is 0.318. The van der Waals surface area contributed by atoms with Crippen molar-refractivity contribution in [1.29, 1.82) is 0 Å². The molecule has 0 atom stereocenters. The van der Waals surface area contributed by atoms with Crippen LogP contribution in [0.25, 0.3) is 0 Å².